The minimum Gasteiger partial charge on any atom is -0.479 e. The maximum absolute atomic E-state index is 10.0. The van der Waals surface area contributed by atoms with E-state index in [1.807, 2.05) is 0 Å². The van der Waals surface area contributed by atoms with E-state index in [0.29, 0.717) is 22.3 Å². The molecule has 0 amide bonds. The van der Waals surface area contributed by atoms with Gasteiger partial charge in [0, 0.05) is 0 Å². The van der Waals surface area contributed by atoms with Crippen molar-refractivity contribution in [2.45, 2.75) is 49.1 Å². The normalized spacial score (nSPS) is 29.1. The molecule has 0 spiro atoms. The van der Waals surface area contributed by atoms with Gasteiger partial charge in [-0.3, -0.25) is 9.13 Å². The van der Waals surface area contributed by atoms with Crippen molar-refractivity contribution in [1.82, 2.24) is 39.0 Å². The first-order chi connectivity index (χ1) is 20.1. The molecule has 6 heterocycles. The van der Waals surface area contributed by atoms with E-state index in [9.17, 15) is 20.4 Å². The third kappa shape index (κ3) is 4.98. The number of nitrogens with two attached hydrogens (primary N) is 2. The molecule has 2 aliphatic heterocycles. The fourth-order valence-electron chi connectivity index (χ4n) is 4.69. The minimum atomic E-state index is -1.23. The van der Waals surface area contributed by atoms with Crippen LogP contribution >= 0.6 is 0 Å². The second-order valence-corrected chi connectivity index (χ2v) is 9.29. The van der Waals surface area contributed by atoms with Gasteiger partial charge in [0.1, 0.15) is 36.6 Å². The third-order valence-electron chi connectivity index (χ3n) is 6.78. The number of fused-ring (bicyclic) bond motifs is 2. The van der Waals surface area contributed by atoms with Crippen LogP contribution in [-0.2, 0) is 9.47 Å². The van der Waals surface area contributed by atoms with Crippen LogP contribution in [0.25, 0.3) is 22.3 Å². The molecule has 2 saturated heterocycles. The number of nitrogens with zero attached hydrogens (tertiary/aromatic N) is 8. The maximum Gasteiger partial charge on any atom is 0.246 e. The average molecular weight is 595 g/mol. The largest absolute Gasteiger partial charge is 0.479 e. The molecule has 0 aromatic carbocycles. The SMILES string of the molecule is COc1nc(N)nc2c1ncn2[C@@H]1O[C@H](CO)[C@@H](O)[C@@H]1O.COc1nc(N)nc2c1ncn2[C@@H]1O[C@H](CO)[C@@H](O)[C@@H]1O. The van der Waals surface area contributed by atoms with Crippen LogP contribution in [-0.4, -0.2) is 134 Å². The summed E-state index contributed by atoms with van der Waals surface area (Å²) in [5.74, 6) is 0.353. The Morgan fingerprint density at radius 3 is 1.38 bits per heavy atom. The first kappa shape index (κ1) is 29.5. The van der Waals surface area contributed by atoms with E-state index in [1.54, 1.807) is 0 Å². The van der Waals surface area contributed by atoms with Crippen molar-refractivity contribution in [3.05, 3.63) is 12.7 Å². The van der Waals surface area contributed by atoms with Gasteiger partial charge in [-0.2, -0.15) is 19.9 Å². The lowest BCUT2D eigenvalue weighted by molar-refractivity contribution is -0.0511. The monoisotopic (exact) mass is 594 g/mol. The number of nitrogen functional groups attached to an aromatic ring is 2. The van der Waals surface area contributed by atoms with Crippen molar-refractivity contribution in [3.8, 4) is 11.8 Å². The molecule has 20 nitrogen and oxygen atoms in total. The van der Waals surface area contributed by atoms with Gasteiger partial charge in [-0.25, -0.2) is 9.97 Å². The molecule has 0 unspecified atom stereocenters. The smallest absolute Gasteiger partial charge is 0.246 e. The number of hydrogen-bond acceptors (Lipinski definition) is 18. The highest BCUT2D eigenvalue weighted by atomic mass is 16.6. The minimum absolute atomic E-state index is 0.0205. The molecule has 0 bridgehead atoms. The first-order valence-electron chi connectivity index (χ1n) is 12.5. The highest BCUT2D eigenvalue weighted by molar-refractivity contribution is 5.78. The van der Waals surface area contributed by atoms with Crippen LogP contribution in [0.1, 0.15) is 12.5 Å². The Hall–Kier alpha value is -4.02. The number of aliphatic hydroxyl groups is 6. The molecule has 228 valence electrons. The topological polar surface area (TPSA) is 298 Å². The van der Waals surface area contributed by atoms with E-state index in [2.05, 4.69) is 29.9 Å². The fourth-order valence-corrected chi connectivity index (χ4v) is 4.69. The summed E-state index contributed by atoms with van der Waals surface area (Å²) in [7, 11) is 2.85. The lowest BCUT2D eigenvalue weighted by Crippen LogP contribution is -2.33. The number of anilines is 2. The van der Waals surface area contributed by atoms with E-state index in [1.165, 1.54) is 36.0 Å². The highest BCUT2D eigenvalue weighted by Crippen LogP contribution is 2.34. The molecule has 10 N–H and O–H groups in total. The van der Waals surface area contributed by atoms with Gasteiger partial charge in [0.2, 0.25) is 23.7 Å². The van der Waals surface area contributed by atoms with Gasteiger partial charge in [-0.15, -0.1) is 0 Å². The van der Waals surface area contributed by atoms with Gasteiger partial charge < -0.3 is 61.1 Å². The van der Waals surface area contributed by atoms with Crippen LogP contribution in [0, 0.1) is 0 Å². The summed E-state index contributed by atoms with van der Waals surface area (Å²) in [5.41, 5.74) is 12.5. The number of imidazole rings is 2. The second kappa shape index (κ2) is 11.7. The lowest BCUT2D eigenvalue weighted by Gasteiger charge is -2.16. The van der Waals surface area contributed by atoms with Gasteiger partial charge in [0.05, 0.1) is 40.1 Å². The van der Waals surface area contributed by atoms with Crippen molar-refractivity contribution in [1.29, 1.82) is 0 Å². The highest BCUT2D eigenvalue weighted by Gasteiger charge is 2.45. The van der Waals surface area contributed by atoms with E-state index in [0.717, 1.165) is 0 Å². The Bertz CT molecular complexity index is 1440. The number of hydrogen-bond donors (Lipinski definition) is 8. The second-order valence-electron chi connectivity index (χ2n) is 9.29. The van der Waals surface area contributed by atoms with Crippen LogP contribution in [0.15, 0.2) is 12.7 Å². The van der Waals surface area contributed by atoms with E-state index in [-0.39, 0.29) is 23.7 Å². The molecule has 42 heavy (non-hydrogen) atoms. The predicted molar refractivity (Wildman–Crippen MR) is 139 cm³/mol. The number of aliphatic hydroxyl groups excluding tert-OH is 6. The summed E-state index contributed by atoms with van der Waals surface area (Å²) in [6.45, 7) is -0.830. The molecule has 2 fully saturated rings. The zero-order valence-corrected chi connectivity index (χ0v) is 22.2. The lowest BCUT2D eigenvalue weighted by atomic mass is 10.1. The predicted octanol–water partition coefficient (Wildman–Crippen LogP) is -3.94. The number of ether oxygens (including phenoxy) is 4. The average Bonchev–Trinajstić information content (AvgIpc) is 3.73. The van der Waals surface area contributed by atoms with Gasteiger partial charge in [0.25, 0.3) is 0 Å². The molecule has 20 heteroatoms. The third-order valence-corrected chi connectivity index (χ3v) is 6.78. The van der Waals surface area contributed by atoms with Crippen LogP contribution in [0.2, 0.25) is 0 Å². The molecular formula is C22H30N10O10. The summed E-state index contributed by atoms with van der Waals surface area (Å²) >= 11 is 0. The zero-order chi connectivity index (χ0) is 30.3. The molecular weight excluding hydrogens is 564 g/mol. The number of rotatable bonds is 6. The Balaban J connectivity index is 0.000000168. The summed E-state index contributed by atoms with van der Waals surface area (Å²) in [5, 5.41) is 57.9. The van der Waals surface area contributed by atoms with Crippen LogP contribution in [0.5, 0.6) is 11.8 Å². The van der Waals surface area contributed by atoms with E-state index < -0.39 is 62.3 Å². The molecule has 0 radical (unpaired) electrons. The summed E-state index contributed by atoms with van der Waals surface area (Å²) in [4.78, 5) is 24.1. The van der Waals surface area contributed by atoms with Crippen molar-refractivity contribution in [3.63, 3.8) is 0 Å². The van der Waals surface area contributed by atoms with Crippen LogP contribution in [0.3, 0.4) is 0 Å². The van der Waals surface area contributed by atoms with Crippen LogP contribution < -0.4 is 20.9 Å². The van der Waals surface area contributed by atoms with Gasteiger partial charge in [0.15, 0.2) is 34.8 Å². The Labute approximate surface area is 235 Å². The number of methoxy groups -OCH3 is 2. The fraction of sp³-hybridized carbons (Fsp3) is 0.545. The Morgan fingerprint density at radius 2 is 1.07 bits per heavy atom. The van der Waals surface area contributed by atoms with Crippen molar-refractivity contribution in [2.75, 3.05) is 38.9 Å². The first-order valence-corrected chi connectivity index (χ1v) is 12.5. The summed E-state index contributed by atoms with van der Waals surface area (Å²) in [6.07, 6.45) is -5.79. The molecule has 0 saturated carbocycles. The van der Waals surface area contributed by atoms with Crippen molar-refractivity contribution < 1.29 is 49.6 Å². The van der Waals surface area contributed by atoms with Gasteiger partial charge >= 0.3 is 0 Å². The molecule has 4 aromatic rings. The Morgan fingerprint density at radius 1 is 0.690 bits per heavy atom. The van der Waals surface area contributed by atoms with Crippen LogP contribution in [0.4, 0.5) is 11.9 Å². The standard InChI is InChI=1S/2C11H15N5O5/c2*1-20-9-5-8(14-11(12)15-9)16(3-13-5)10-7(19)6(18)4(2-17)21-10/h2*3-4,6-7,10,17-19H,2H2,1H3,(H2,12,14,15)/t2*4-,6-,7+,10-/m11/s1. The molecule has 8 atom stereocenters. The number of aromatic nitrogens is 8. The maximum atomic E-state index is 10.0. The molecule has 4 aromatic heterocycles. The molecule has 0 aliphatic carbocycles. The Kier molecular flexibility index (Phi) is 8.21. The summed E-state index contributed by atoms with van der Waals surface area (Å²) in [6, 6.07) is 0. The van der Waals surface area contributed by atoms with Crippen molar-refractivity contribution in [2.24, 2.45) is 0 Å². The van der Waals surface area contributed by atoms with E-state index in [4.69, 9.17) is 40.6 Å². The molecule has 6 rings (SSSR count). The van der Waals surface area contributed by atoms with Crippen molar-refractivity contribution >= 4 is 34.2 Å². The van der Waals surface area contributed by atoms with E-state index >= 15 is 0 Å². The molecule has 2 aliphatic rings. The summed E-state index contributed by atoms with van der Waals surface area (Å²) < 4.78 is 23.8. The van der Waals surface area contributed by atoms with Gasteiger partial charge in [-0.1, -0.05) is 0 Å². The van der Waals surface area contributed by atoms with Gasteiger partial charge in [-0.05, 0) is 0 Å². The quantitative estimate of drug-likeness (QED) is 0.106. The zero-order valence-electron chi connectivity index (χ0n) is 22.2.